The summed E-state index contributed by atoms with van der Waals surface area (Å²) in [6, 6.07) is 7.30. The molecule has 0 unspecified atom stereocenters. The molecule has 17 heavy (non-hydrogen) atoms. The SMILES string of the molecule is CN(CCO)C(=O)C(C)(C)c1cccc(Cl)c1. The minimum Gasteiger partial charge on any atom is -0.395 e. The van der Waals surface area contributed by atoms with Gasteiger partial charge in [0.25, 0.3) is 0 Å². The number of carbonyl (C=O) groups excluding carboxylic acids is 1. The van der Waals surface area contributed by atoms with Gasteiger partial charge in [-0.25, -0.2) is 0 Å². The Morgan fingerprint density at radius 1 is 1.47 bits per heavy atom. The molecule has 0 aliphatic heterocycles. The van der Waals surface area contributed by atoms with E-state index in [0.717, 1.165) is 5.56 Å². The van der Waals surface area contributed by atoms with Crippen LogP contribution in [0.2, 0.25) is 5.02 Å². The van der Waals surface area contributed by atoms with Crippen molar-refractivity contribution in [2.45, 2.75) is 19.3 Å². The van der Waals surface area contributed by atoms with E-state index in [1.807, 2.05) is 26.0 Å². The highest BCUT2D eigenvalue weighted by atomic mass is 35.5. The van der Waals surface area contributed by atoms with Crippen LogP contribution in [-0.4, -0.2) is 36.1 Å². The molecule has 0 saturated carbocycles. The van der Waals surface area contributed by atoms with E-state index in [9.17, 15) is 4.79 Å². The second kappa shape index (κ2) is 5.52. The van der Waals surface area contributed by atoms with Crippen molar-refractivity contribution in [3.8, 4) is 0 Å². The fraction of sp³-hybridized carbons (Fsp3) is 0.462. The van der Waals surface area contributed by atoms with Crippen LogP contribution in [0.3, 0.4) is 0 Å². The number of hydrogen-bond donors (Lipinski definition) is 1. The predicted octanol–water partition coefficient (Wildman–Crippen LogP) is 2.07. The van der Waals surface area contributed by atoms with Gasteiger partial charge in [-0.15, -0.1) is 0 Å². The number of amides is 1. The van der Waals surface area contributed by atoms with Crippen LogP contribution in [0.4, 0.5) is 0 Å². The van der Waals surface area contributed by atoms with E-state index in [4.69, 9.17) is 16.7 Å². The molecule has 1 N–H and O–H groups in total. The Labute approximate surface area is 107 Å². The number of hydrogen-bond acceptors (Lipinski definition) is 2. The minimum atomic E-state index is -0.644. The molecule has 0 heterocycles. The van der Waals surface area contributed by atoms with Gasteiger partial charge in [-0.3, -0.25) is 4.79 Å². The lowest BCUT2D eigenvalue weighted by atomic mass is 9.83. The molecule has 0 radical (unpaired) electrons. The number of aliphatic hydroxyl groups excluding tert-OH is 1. The number of carbonyl (C=O) groups is 1. The number of likely N-dealkylation sites (N-methyl/N-ethyl adjacent to an activating group) is 1. The highest BCUT2D eigenvalue weighted by Crippen LogP contribution is 2.27. The van der Waals surface area contributed by atoms with Crippen molar-refractivity contribution in [3.63, 3.8) is 0 Å². The number of nitrogens with zero attached hydrogens (tertiary/aromatic N) is 1. The molecule has 1 rings (SSSR count). The minimum absolute atomic E-state index is 0.0335. The zero-order valence-corrected chi connectivity index (χ0v) is 11.2. The Balaban J connectivity index is 2.98. The smallest absolute Gasteiger partial charge is 0.232 e. The summed E-state index contributed by atoms with van der Waals surface area (Å²) in [5, 5.41) is 9.47. The van der Waals surface area contributed by atoms with Crippen molar-refractivity contribution in [1.82, 2.24) is 4.90 Å². The van der Waals surface area contributed by atoms with E-state index in [1.165, 1.54) is 4.90 Å². The number of aliphatic hydroxyl groups is 1. The van der Waals surface area contributed by atoms with Crippen LogP contribution in [0.25, 0.3) is 0 Å². The summed E-state index contributed by atoms with van der Waals surface area (Å²) in [6.45, 7) is 4.01. The lowest BCUT2D eigenvalue weighted by Gasteiger charge is -2.29. The molecule has 94 valence electrons. The molecule has 0 fully saturated rings. The van der Waals surface area contributed by atoms with Gasteiger partial charge in [0, 0.05) is 18.6 Å². The average molecular weight is 256 g/mol. The van der Waals surface area contributed by atoms with Gasteiger partial charge in [-0.05, 0) is 31.5 Å². The second-order valence-corrected chi connectivity index (χ2v) is 5.02. The van der Waals surface area contributed by atoms with E-state index in [0.29, 0.717) is 11.6 Å². The van der Waals surface area contributed by atoms with Crippen LogP contribution in [0.1, 0.15) is 19.4 Å². The van der Waals surface area contributed by atoms with Gasteiger partial charge in [0.15, 0.2) is 0 Å². The largest absolute Gasteiger partial charge is 0.395 e. The fourth-order valence-electron chi connectivity index (χ4n) is 1.73. The van der Waals surface area contributed by atoms with Crippen molar-refractivity contribution in [2.75, 3.05) is 20.2 Å². The molecule has 4 heteroatoms. The third kappa shape index (κ3) is 3.20. The maximum Gasteiger partial charge on any atom is 0.232 e. The lowest BCUT2D eigenvalue weighted by Crippen LogP contribution is -2.42. The normalized spacial score (nSPS) is 11.4. The van der Waals surface area contributed by atoms with Gasteiger partial charge in [-0.2, -0.15) is 0 Å². The molecular weight excluding hydrogens is 238 g/mol. The predicted molar refractivity (Wildman–Crippen MR) is 69.2 cm³/mol. The topological polar surface area (TPSA) is 40.5 Å². The first-order valence-corrected chi connectivity index (χ1v) is 5.90. The van der Waals surface area contributed by atoms with Crippen molar-refractivity contribution < 1.29 is 9.90 Å². The number of benzene rings is 1. The molecule has 1 amide bonds. The summed E-state index contributed by atoms with van der Waals surface area (Å²) in [7, 11) is 1.69. The summed E-state index contributed by atoms with van der Waals surface area (Å²) in [5.74, 6) is -0.0335. The lowest BCUT2D eigenvalue weighted by molar-refractivity contribution is -0.135. The van der Waals surface area contributed by atoms with E-state index in [1.54, 1.807) is 19.2 Å². The van der Waals surface area contributed by atoms with Crippen LogP contribution in [0.5, 0.6) is 0 Å². The maximum absolute atomic E-state index is 12.2. The van der Waals surface area contributed by atoms with E-state index in [2.05, 4.69) is 0 Å². The molecule has 0 spiro atoms. The molecule has 0 saturated heterocycles. The molecular formula is C13H18ClNO2. The Hall–Kier alpha value is -1.06. The van der Waals surface area contributed by atoms with E-state index >= 15 is 0 Å². The monoisotopic (exact) mass is 255 g/mol. The summed E-state index contributed by atoms with van der Waals surface area (Å²) in [4.78, 5) is 13.8. The Kier molecular flexibility index (Phi) is 4.54. The van der Waals surface area contributed by atoms with Crippen LogP contribution in [-0.2, 0) is 10.2 Å². The zero-order valence-electron chi connectivity index (χ0n) is 10.4. The van der Waals surface area contributed by atoms with Gasteiger partial charge >= 0.3 is 0 Å². The average Bonchev–Trinajstić information content (AvgIpc) is 2.28. The molecule has 0 aliphatic rings. The van der Waals surface area contributed by atoms with Crippen molar-refractivity contribution in [1.29, 1.82) is 0 Å². The summed E-state index contributed by atoms with van der Waals surface area (Å²) < 4.78 is 0. The number of rotatable bonds is 4. The van der Waals surface area contributed by atoms with E-state index in [-0.39, 0.29) is 12.5 Å². The molecule has 0 aliphatic carbocycles. The quantitative estimate of drug-likeness (QED) is 0.895. The van der Waals surface area contributed by atoms with Crippen molar-refractivity contribution >= 4 is 17.5 Å². The molecule has 1 aromatic rings. The van der Waals surface area contributed by atoms with Gasteiger partial charge in [-0.1, -0.05) is 23.7 Å². The van der Waals surface area contributed by atoms with Crippen molar-refractivity contribution in [2.24, 2.45) is 0 Å². The van der Waals surface area contributed by atoms with Crippen LogP contribution < -0.4 is 0 Å². The van der Waals surface area contributed by atoms with Crippen LogP contribution in [0.15, 0.2) is 24.3 Å². The molecule has 3 nitrogen and oxygen atoms in total. The first kappa shape index (κ1) is 14.0. The Morgan fingerprint density at radius 2 is 2.12 bits per heavy atom. The molecule has 0 atom stereocenters. The Bertz CT molecular complexity index is 404. The highest BCUT2D eigenvalue weighted by Gasteiger charge is 2.32. The standard InChI is InChI=1S/C13H18ClNO2/c1-13(2,12(17)15(3)7-8-16)10-5-4-6-11(14)9-10/h4-6,9,16H,7-8H2,1-3H3. The van der Waals surface area contributed by atoms with Gasteiger partial charge in [0.2, 0.25) is 5.91 Å². The van der Waals surface area contributed by atoms with Gasteiger partial charge in [0.05, 0.1) is 12.0 Å². The van der Waals surface area contributed by atoms with Crippen molar-refractivity contribution in [3.05, 3.63) is 34.9 Å². The first-order chi connectivity index (χ1) is 7.89. The van der Waals surface area contributed by atoms with Crippen LogP contribution in [0, 0.1) is 0 Å². The van der Waals surface area contributed by atoms with Gasteiger partial charge < -0.3 is 10.0 Å². The maximum atomic E-state index is 12.2. The molecule has 1 aromatic carbocycles. The van der Waals surface area contributed by atoms with E-state index < -0.39 is 5.41 Å². The first-order valence-electron chi connectivity index (χ1n) is 5.52. The second-order valence-electron chi connectivity index (χ2n) is 4.59. The molecule has 0 bridgehead atoms. The van der Waals surface area contributed by atoms with Crippen LogP contribution >= 0.6 is 11.6 Å². The summed E-state index contributed by atoms with van der Waals surface area (Å²) in [5.41, 5.74) is 0.231. The third-order valence-corrected chi connectivity index (χ3v) is 3.10. The zero-order chi connectivity index (χ0) is 13.1. The summed E-state index contributed by atoms with van der Waals surface area (Å²) in [6.07, 6.45) is 0. The molecule has 0 aromatic heterocycles. The summed E-state index contributed by atoms with van der Waals surface area (Å²) >= 11 is 5.93. The Morgan fingerprint density at radius 3 is 2.65 bits per heavy atom. The highest BCUT2D eigenvalue weighted by molar-refractivity contribution is 6.30. The third-order valence-electron chi connectivity index (χ3n) is 2.86. The fourth-order valence-corrected chi connectivity index (χ4v) is 1.92. The van der Waals surface area contributed by atoms with Gasteiger partial charge in [0.1, 0.15) is 0 Å². The number of halogens is 1.